The van der Waals surface area contributed by atoms with Crippen LogP contribution in [0.5, 0.6) is 11.5 Å². The van der Waals surface area contributed by atoms with Crippen LogP contribution in [-0.2, 0) is 12.8 Å². The van der Waals surface area contributed by atoms with Gasteiger partial charge in [0, 0.05) is 13.2 Å². The molecular formula is C22H30O3. The van der Waals surface area contributed by atoms with Crippen LogP contribution in [0.2, 0.25) is 0 Å². The second-order valence-electron chi connectivity index (χ2n) is 8.40. The summed E-state index contributed by atoms with van der Waals surface area (Å²) < 4.78 is 6.03. The lowest BCUT2D eigenvalue weighted by Gasteiger charge is -2.22. The van der Waals surface area contributed by atoms with Crippen LogP contribution >= 0.6 is 0 Å². The minimum absolute atomic E-state index is 0.144. The quantitative estimate of drug-likeness (QED) is 0.737. The van der Waals surface area contributed by atoms with Crippen molar-refractivity contribution in [3.05, 3.63) is 59.7 Å². The van der Waals surface area contributed by atoms with E-state index in [1.54, 1.807) is 0 Å². The molecule has 0 bridgehead atoms. The van der Waals surface area contributed by atoms with E-state index in [0.29, 0.717) is 0 Å². The zero-order valence-electron chi connectivity index (χ0n) is 15.7. The zero-order chi connectivity index (χ0) is 18.5. The number of aliphatic hydroxyl groups is 2. The Bertz CT molecular complexity index is 630. The molecule has 2 aromatic rings. The molecule has 0 atom stereocenters. The maximum absolute atomic E-state index is 9.45. The third-order valence-corrected chi connectivity index (χ3v) is 4.25. The van der Waals surface area contributed by atoms with Gasteiger partial charge in [0.05, 0.1) is 0 Å². The first kappa shape index (κ1) is 19.5. The fourth-order valence-corrected chi connectivity index (χ4v) is 2.79. The van der Waals surface area contributed by atoms with Crippen molar-refractivity contribution < 1.29 is 14.9 Å². The molecule has 2 aromatic carbocycles. The highest BCUT2D eigenvalue weighted by molar-refractivity contribution is 5.36. The summed E-state index contributed by atoms with van der Waals surface area (Å²) in [5.41, 5.74) is 2.01. The van der Waals surface area contributed by atoms with Crippen LogP contribution in [0.25, 0.3) is 0 Å². The van der Waals surface area contributed by atoms with E-state index < -0.39 is 0 Å². The smallest absolute Gasteiger partial charge is 0.127 e. The van der Waals surface area contributed by atoms with Gasteiger partial charge < -0.3 is 14.9 Å². The van der Waals surface area contributed by atoms with Gasteiger partial charge in [0.25, 0.3) is 0 Å². The minimum atomic E-state index is -0.144. The number of hydrogen-bond donors (Lipinski definition) is 2. The molecule has 0 spiro atoms. The van der Waals surface area contributed by atoms with Crippen molar-refractivity contribution in [2.45, 2.75) is 40.5 Å². The first-order valence-corrected chi connectivity index (χ1v) is 8.80. The third kappa shape index (κ3) is 6.18. The first-order chi connectivity index (χ1) is 11.7. The Hall–Kier alpha value is -1.84. The topological polar surface area (TPSA) is 49.7 Å². The lowest BCUT2D eigenvalue weighted by molar-refractivity contribution is 0.159. The monoisotopic (exact) mass is 342 g/mol. The Morgan fingerprint density at radius 1 is 0.720 bits per heavy atom. The number of hydrogen-bond acceptors (Lipinski definition) is 3. The highest BCUT2D eigenvalue weighted by Crippen LogP contribution is 2.28. The number of benzene rings is 2. The second kappa shape index (κ2) is 8.03. The fourth-order valence-electron chi connectivity index (χ4n) is 2.79. The summed E-state index contributed by atoms with van der Waals surface area (Å²) in [7, 11) is 0. The molecule has 0 radical (unpaired) electrons. The first-order valence-electron chi connectivity index (χ1n) is 8.80. The van der Waals surface area contributed by atoms with Gasteiger partial charge in [0.15, 0.2) is 0 Å². The predicted octanol–water partition coefficient (Wildman–Crippen LogP) is 4.60. The van der Waals surface area contributed by atoms with Crippen molar-refractivity contribution in [2.75, 3.05) is 13.2 Å². The molecule has 0 aromatic heterocycles. The number of aliphatic hydroxyl groups excluding tert-OH is 2. The van der Waals surface area contributed by atoms with Crippen molar-refractivity contribution in [3.63, 3.8) is 0 Å². The molecule has 3 nitrogen and oxygen atoms in total. The molecule has 0 saturated carbocycles. The molecule has 0 aliphatic rings. The highest BCUT2D eigenvalue weighted by atomic mass is 16.5. The van der Waals surface area contributed by atoms with Gasteiger partial charge in [-0.1, -0.05) is 52.0 Å². The van der Waals surface area contributed by atoms with Crippen LogP contribution in [0.15, 0.2) is 48.5 Å². The summed E-state index contributed by atoms with van der Waals surface area (Å²) in [4.78, 5) is 0. The Labute approximate surface area is 151 Å². The van der Waals surface area contributed by atoms with Crippen molar-refractivity contribution in [3.8, 4) is 11.5 Å². The largest absolute Gasteiger partial charge is 0.457 e. The van der Waals surface area contributed by atoms with Crippen molar-refractivity contribution >= 4 is 0 Å². The molecule has 25 heavy (non-hydrogen) atoms. The summed E-state index contributed by atoms with van der Waals surface area (Å²) >= 11 is 0. The minimum Gasteiger partial charge on any atom is -0.457 e. The summed E-state index contributed by atoms with van der Waals surface area (Å²) in [6, 6.07) is 16.0. The van der Waals surface area contributed by atoms with Gasteiger partial charge in [-0.3, -0.25) is 0 Å². The maximum atomic E-state index is 9.45. The van der Waals surface area contributed by atoms with E-state index in [2.05, 4.69) is 12.1 Å². The van der Waals surface area contributed by atoms with E-state index >= 15 is 0 Å². The van der Waals surface area contributed by atoms with Gasteiger partial charge in [-0.15, -0.1) is 0 Å². The lowest BCUT2D eigenvalue weighted by Crippen LogP contribution is -2.19. The van der Waals surface area contributed by atoms with E-state index in [9.17, 15) is 10.2 Å². The van der Waals surface area contributed by atoms with Crippen LogP contribution in [-0.4, -0.2) is 23.4 Å². The molecule has 0 saturated heterocycles. The van der Waals surface area contributed by atoms with Crippen LogP contribution in [0.4, 0.5) is 0 Å². The number of ether oxygens (including phenoxy) is 1. The van der Waals surface area contributed by atoms with Gasteiger partial charge in [-0.05, 0) is 59.1 Å². The molecule has 0 aliphatic heterocycles. The SMILES string of the molecule is CC(C)(CO)Cc1cccc(Oc2cccc(CC(C)(C)CO)c2)c1. The van der Waals surface area contributed by atoms with E-state index in [0.717, 1.165) is 35.5 Å². The highest BCUT2D eigenvalue weighted by Gasteiger charge is 2.18. The van der Waals surface area contributed by atoms with Crippen LogP contribution < -0.4 is 4.74 Å². The fraction of sp³-hybridized carbons (Fsp3) is 0.455. The molecule has 2 rings (SSSR count). The Kier molecular flexibility index (Phi) is 6.26. The average Bonchev–Trinajstić information content (AvgIpc) is 2.55. The van der Waals surface area contributed by atoms with Crippen molar-refractivity contribution in [2.24, 2.45) is 10.8 Å². The zero-order valence-corrected chi connectivity index (χ0v) is 15.7. The molecule has 0 unspecified atom stereocenters. The van der Waals surface area contributed by atoms with Gasteiger partial charge in [0.1, 0.15) is 11.5 Å². The standard InChI is InChI=1S/C22H30O3/c1-21(2,15-23)13-17-7-5-9-19(11-17)25-20-10-6-8-18(12-20)14-22(3,4)16-24/h5-12,23-24H,13-16H2,1-4H3. The Morgan fingerprint density at radius 2 is 1.12 bits per heavy atom. The summed E-state index contributed by atoms with van der Waals surface area (Å²) in [5, 5.41) is 18.9. The van der Waals surface area contributed by atoms with E-state index in [1.807, 2.05) is 64.1 Å². The van der Waals surface area contributed by atoms with Gasteiger partial charge in [-0.25, -0.2) is 0 Å². The van der Waals surface area contributed by atoms with E-state index in [1.165, 1.54) is 0 Å². The molecular weight excluding hydrogens is 312 g/mol. The maximum Gasteiger partial charge on any atom is 0.127 e. The average molecular weight is 342 g/mol. The normalized spacial score (nSPS) is 12.2. The van der Waals surface area contributed by atoms with Crippen molar-refractivity contribution in [1.29, 1.82) is 0 Å². The van der Waals surface area contributed by atoms with Gasteiger partial charge in [0.2, 0.25) is 0 Å². The van der Waals surface area contributed by atoms with Gasteiger partial charge in [-0.2, -0.15) is 0 Å². The Morgan fingerprint density at radius 3 is 1.48 bits per heavy atom. The molecule has 0 aliphatic carbocycles. The Balaban J connectivity index is 2.12. The molecule has 2 N–H and O–H groups in total. The summed E-state index contributed by atoms with van der Waals surface area (Å²) in [5.74, 6) is 1.59. The van der Waals surface area contributed by atoms with Gasteiger partial charge >= 0.3 is 0 Å². The van der Waals surface area contributed by atoms with E-state index in [-0.39, 0.29) is 24.0 Å². The second-order valence-corrected chi connectivity index (χ2v) is 8.40. The third-order valence-electron chi connectivity index (χ3n) is 4.25. The summed E-state index contributed by atoms with van der Waals surface area (Å²) in [6.07, 6.45) is 1.59. The number of rotatable bonds is 8. The van der Waals surface area contributed by atoms with Crippen molar-refractivity contribution in [1.82, 2.24) is 0 Å². The molecule has 0 amide bonds. The molecule has 3 heteroatoms. The van der Waals surface area contributed by atoms with Crippen LogP contribution in [0.3, 0.4) is 0 Å². The predicted molar refractivity (Wildman–Crippen MR) is 102 cm³/mol. The molecule has 0 fully saturated rings. The summed E-state index contributed by atoms with van der Waals surface area (Å²) in [6.45, 7) is 8.50. The van der Waals surface area contributed by atoms with E-state index in [4.69, 9.17) is 4.74 Å². The van der Waals surface area contributed by atoms with Crippen LogP contribution in [0, 0.1) is 10.8 Å². The van der Waals surface area contributed by atoms with Crippen LogP contribution in [0.1, 0.15) is 38.8 Å². The molecule has 0 heterocycles. The molecule has 136 valence electrons. The lowest BCUT2D eigenvalue weighted by atomic mass is 9.86.